The number of aromatic nitrogens is 1. The van der Waals surface area contributed by atoms with Gasteiger partial charge in [-0.3, -0.25) is 13.7 Å². The average molecular weight is 459 g/mol. The van der Waals surface area contributed by atoms with Crippen LogP contribution in [0.25, 0.3) is 10.9 Å². The van der Waals surface area contributed by atoms with Crippen LogP contribution in [0.2, 0.25) is 0 Å². The van der Waals surface area contributed by atoms with E-state index in [9.17, 15) is 18.0 Å². The molecule has 0 radical (unpaired) electrons. The third-order valence-corrected chi connectivity index (χ3v) is 6.25. The number of para-hydroxylation sites is 1. The van der Waals surface area contributed by atoms with Crippen molar-refractivity contribution in [2.45, 2.75) is 26.3 Å². The van der Waals surface area contributed by atoms with Gasteiger partial charge >= 0.3 is 5.97 Å². The Bertz CT molecular complexity index is 1230. The van der Waals surface area contributed by atoms with Gasteiger partial charge in [-0.15, -0.1) is 0 Å². The molecule has 3 rings (SSSR count). The number of nitrogens with zero attached hydrogens (tertiary/aromatic N) is 2. The van der Waals surface area contributed by atoms with Crippen LogP contribution >= 0.6 is 0 Å². The fraction of sp³-hybridized carbons (Fsp3) is 0.304. The number of benzene rings is 2. The van der Waals surface area contributed by atoms with Crippen molar-refractivity contribution in [3.63, 3.8) is 0 Å². The van der Waals surface area contributed by atoms with Crippen molar-refractivity contribution in [1.29, 1.82) is 0 Å². The van der Waals surface area contributed by atoms with Crippen LogP contribution in [0.3, 0.4) is 0 Å². The lowest BCUT2D eigenvalue weighted by molar-refractivity contribution is 0.0603. The molecule has 0 saturated heterocycles. The van der Waals surface area contributed by atoms with Crippen molar-refractivity contribution in [3.05, 3.63) is 60.3 Å². The van der Waals surface area contributed by atoms with Crippen molar-refractivity contribution in [3.8, 4) is 5.75 Å². The first-order chi connectivity index (χ1) is 15.2. The molecule has 9 heteroatoms. The lowest BCUT2D eigenvalue weighted by Crippen LogP contribution is -2.46. The third kappa shape index (κ3) is 4.47. The molecule has 1 atom stereocenters. The second kappa shape index (κ2) is 9.44. The quantitative estimate of drug-likeness (QED) is 0.478. The molecule has 0 unspecified atom stereocenters. The van der Waals surface area contributed by atoms with Gasteiger partial charge in [-0.1, -0.05) is 25.1 Å². The number of rotatable bonds is 8. The smallest absolute Gasteiger partial charge is 0.340 e. The fourth-order valence-corrected chi connectivity index (χ4v) is 4.90. The predicted molar refractivity (Wildman–Crippen MR) is 123 cm³/mol. The van der Waals surface area contributed by atoms with Gasteiger partial charge in [-0.05, 0) is 43.7 Å². The average Bonchev–Trinajstić information content (AvgIpc) is 3.16. The minimum Gasteiger partial charge on any atom is -0.494 e. The van der Waals surface area contributed by atoms with Gasteiger partial charge in [0.2, 0.25) is 10.0 Å². The minimum absolute atomic E-state index is 0.221. The van der Waals surface area contributed by atoms with Crippen LogP contribution in [-0.2, 0) is 14.8 Å². The molecule has 32 heavy (non-hydrogen) atoms. The highest BCUT2D eigenvalue weighted by molar-refractivity contribution is 7.92. The summed E-state index contributed by atoms with van der Waals surface area (Å²) in [6, 6.07) is 12.4. The molecular formula is C23H26N2O6S. The predicted octanol–water partition coefficient (Wildman–Crippen LogP) is 3.71. The van der Waals surface area contributed by atoms with Gasteiger partial charge in [-0.2, -0.15) is 0 Å². The van der Waals surface area contributed by atoms with Crippen LogP contribution in [-0.4, -0.2) is 50.9 Å². The van der Waals surface area contributed by atoms with E-state index in [0.717, 1.165) is 10.6 Å². The SMILES string of the molecule is CCOc1ccc(N([C@H](CC)C(=O)n2cc(C(=O)OC)c3ccccc32)S(C)(=O)=O)cc1. The van der Waals surface area contributed by atoms with Crippen LogP contribution in [0, 0.1) is 0 Å². The second-order valence-corrected chi connectivity index (χ2v) is 9.03. The van der Waals surface area contributed by atoms with E-state index in [1.54, 1.807) is 55.5 Å². The Labute approximate surface area is 187 Å². The van der Waals surface area contributed by atoms with Gasteiger partial charge in [0, 0.05) is 11.6 Å². The van der Waals surface area contributed by atoms with Gasteiger partial charge in [0.05, 0.1) is 36.7 Å². The van der Waals surface area contributed by atoms with Crippen LogP contribution in [0.1, 0.15) is 35.4 Å². The maximum atomic E-state index is 13.6. The zero-order chi connectivity index (χ0) is 23.5. The molecule has 0 N–H and O–H groups in total. The molecule has 0 fully saturated rings. The first-order valence-electron chi connectivity index (χ1n) is 10.2. The Kier molecular flexibility index (Phi) is 6.88. The molecule has 0 aliphatic heterocycles. The van der Waals surface area contributed by atoms with Crippen LogP contribution in [0.5, 0.6) is 5.75 Å². The molecule has 8 nitrogen and oxygen atoms in total. The maximum absolute atomic E-state index is 13.6. The summed E-state index contributed by atoms with van der Waals surface area (Å²) >= 11 is 0. The van der Waals surface area contributed by atoms with E-state index >= 15 is 0 Å². The van der Waals surface area contributed by atoms with E-state index in [1.807, 2.05) is 6.92 Å². The van der Waals surface area contributed by atoms with Gasteiger partial charge in [0.25, 0.3) is 5.91 Å². The molecule has 0 spiro atoms. The first-order valence-corrected chi connectivity index (χ1v) is 12.0. The maximum Gasteiger partial charge on any atom is 0.340 e. The number of hydrogen-bond acceptors (Lipinski definition) is 6. The molecule has 170 valence electrons. The molecule has 0 aliphatic rings. The molecular weight excluding hydrogens is 432 g/mol. The third-order valence-electron chi connectivity index (χ3n) is 5.07. The summed E-state index contributed by atoms with van der Waals surface area (Å²) in [5, 5.41) is 0.550. The topological polar surface area (TPSA) is 94.9 Å². The highest BCUT2D eigenvalue weighted by Gasteiger charge is 2.33. The summed E-state index contributed by atoms with van der Waals surface area (Å²) in [7, 11) is -2.54. The number of sulfonamides is 1. The van der Waals surface area contributed by atoms with Crippen LogP contribution < -0.4 is 9.04 Å². The summed E-state index contributed by atoms with van der Waals surface area (Å²) in [5.74, 6) is -0.450. The Morgan fingerprint density at radius 2 is 1.72 bits per heavy atom. The Balaban J connectivity index is 2.11. The Morgan fingerprint density at radius 1 is 1.06 bits per heavy atom. The number of hydrogen-bond donors (Lipinski definition) is 0. The number of carbonyl (C=O) groups is 2. The Hall–Kier alpha value is -3.33. The highest BCUT2D eigenvalue weighted by atomic mass is 32.2. The van der Waals surface area contributed by atoms with Crippen molar-refractivity contribution in [2.75, 3.05) is 24.3 Å². The number of carbonyl (C=O) groups excluding carboxylic acids is 2. The van der Waals surface area contributed by atoms with Crippen molar-refractivity contribution >= 4 is 38.5 Å². The number of ether oxygens (including phenoxy) is 2. The molecule has 1 aromatic heterocycles. The first kappa shape index (κ1) is 23.3. The number of esters is 1. The van der Waals surface area contributed by atoms with Crippen molar-refractivity contribution in [1.82, 2.24) is 4.57 Å². The van der Waals surface area contributed by atoms with E-state index in [-0.39, 0.29) is 12.0 Å². The number of methoxy groups -OCH3 is 1. The second-order valence-electron chi connectivity index (χ2n) is 7.17. The summed E-state index contributed by atoms with van der Waals surface area (Å²) in [6.45, 7) is 4.07. The number of fused-ring (bicyclic) bond motifs is 1. The molecule has 0 amide bonds. The largest absolute Gasteiger partial charge is 0.494 e. The lowest BCUT2D eigenvalue weighted by atomic mass is 10.1. The molecule has 2 aromatic carbocycles. The van der Waals surface area contributed by atoms with Crippen LogP contribution in [0.4, 0.5) is 5.69 Å². The van der Waals surface area contributed by atoms with E-state index in [0.29, 0.717) is 28.9 Å². The molecule has 0 saturated carbocycles. The van der Waals surface area contributed by atoms with E-state index in [4.69, 9.17) is 9.47 Å². The number of anilines is 1. The normalized spacial score (nSPS) is 12.4. The summed E-state index contributed by atoms with van der Waals surface area (Å²) in [6.07, 6.45) is 2.69. The minimum atomic E-state index is -3.81. The molecule has 0 bridgehead atoms. The van der Waals surface area contributed by atoms with Crippen LogP contribution in [0.15, 0.2) is 54.7 Å². The zero-order valence-corrected chi connectivity index (χ0v) is 19.3. The molecule has 0 aliphatic carbocycles. The van der Waals surface area contributed by atoms with E-state index in [2.05, 4.69) is 0 Å². The summed E-state index contributed by atoms with van der Waals surface area (Å²) in [4.78, 5) is 25.9. The van der Waals surface area contributed by atoms with Gasteiger partial charge < -0.3 is 9.47 Å². The molecule has 1 heterocycles. The summed E-state index contributed by atoms with van der Waals surface area (Å²) < 4.78 is 38.2. The monoisotopic (exact) mass is 458 g/mol. The zero-order valence-electron chi connectivity index (χ0n) is 18.4. The Morgan fingerprint density at radius 3 is 2.28 bits per heavy atom. The van der Waals surface area contributed by atoms with Gasteiger partial charge in [0.1, 0.15) is 11.8 Å². The van der Waals surface area contributed by atoms with Gasteiger partial charge in [0.15, 0.2) is 0 Å². The van der Waals surface area contributed by atoms with E-state index < -0.39 is 27.9 Å². The van der Waals surface area contributed by atoms with E-state index in [1.165, 1.54) is 17.9 Å². The van der Waals surface area contributed by atoms with Gasteiger partial charge in [-0.25, -0.2) is 13.2 Å². The van der Waals surface area contributed by atoms with Crippen molar-refractivity contribution in [2.24, 2.45) is 0 Å². The van der Waals surface area contributed by atoms with Crippen molar-refractivity contribution < 1.29 is 27.5 Å². The summed E-state index contributed by atoms with van der Waals surface area (Å²) in [5.41, 5.74) is 1.08. The standard InChI is InChI=1S/C23H26N2O6S/c1-5-20(25(32(4,28)29)16-11-13-17(14-12-16)31-6-2)22(26)24-15-19(23(27)30-3)18-9-7-8-10-21(18)24/h7-15,20H,5-6H2,1-4H3/t20-/m1/s1. The lowest BCUT2D eigenvalue weighted by Gasteiger charge is -2.30. The fourth-order valence-electron chi connectivity index (χ4n) is 3.69. The molecule has 3 aromatic rings. The highest BCUT2D eigenvalue weighted by Crippen LogP contribution is 2.28.